The molecule has 2 aliphatic carbocycles. The molecule has 0 aromatic heterocycles. The van der Waals surface area contributed by atoms with Gasteiger partial charge in [-0.05, 0) is 138 Å². The van der Waals surface area contributed by atoms with Crippen molar-refractivity contribution in [2.45, 2.75) is 25.7 Å². The maximum atomic E-state index is 2.49. The minimum Gasteiger partial charge on any atom is -0.310 e. The monoisotopic (exact) mass is 753 g/mol. The van der Waals surface area contributed by atoms with Crippen molar-refractivity contribution >= 4 is 55.8 Å². The smallest absolute Gasteiger partial charge is 0.0546 e. The van der Waals surface area contributed by atoms with Gasteiger partial charge in [0.15, 0.2) is 0 Å². The van der Waals surface area contributed by atoms with Gasteiger partial charge in [-0.1, -0.05) is 182 Å². The topological polar surface area (TPSA) is 3.24 Å². The predicted molar refractivity (Wildman–Crippen MR) is 251 cm³/mol. The Morgan fingerprint density at radius 1 is 0.373 bits per heavy atom. The van der Waals surface area contributed by atoms with E-state index in [4.69, 9.17) is 0 Å². The lowest BCUT2D eigenvalue weighted by Gasteiger charge is -2.30. The van der Waals surface area contributed by atoms with Crippen LogP contribution in [-0.2, 0) is 6.42 Å². The van der Waals surface area contributed by atoms with Crippen LogP contribution in [-0.4, -0.2) is 0 Å². The number of anilines is 3. The Morgan fingerprint density at radius 3 is 1.73 bits per heavy atom. The molecule has 1 heteroatoms. The molecular weight excluding hydrogens is 711 g/mol. The lowest BCUT2D eigenvalue weighted by Crippen LogP contribution is -2.29. The molecule has 59 heavy (non-hydrogen) atoms. The Kier molecular flexibility index (Phi) is 8.86. The second kappa shape index (κ2) is 14.9. The minimum absolute atomic E-state index is 1.04. The second-order valence-electron chi connectivity index (χ2n) is 15.8. The Hall–Kier alpha value is -7.22. The summed E-state index contributed by atoms with van der Waals surface area (Å²) in [6, 6.07) is 74.2. The number of nitrogens with zero attached hydrogens (tertiary/aromatic N) is 1. The van der Waals surface area contributed by atoms with Gasteiger partial charge in [-0.15, -0.1) is 0 Å². The molecule has 9 aromatic rings. The lowest BCUT2D eigenvalue weighted by atomic mass is 9.85. The summed E-state index contributed by atoms with van der Waals surface area (Å²) in [4.78, 5) is 2.49. The fourth-order valence-corrected chi connectivity index (χ4v) is 9.59. The molecule has 11 rings (SSSR count). The molecule has 0 unspecified atom stereocenters. The lowest BCUT2D eigenvalue weighted by molar-refractivity contribution is 0.977. The Bertz CT molecular complexity index is 3190. The third-order valence-corrected chi connectivity index (χ3v) is 12.4. The SMILES string of the molecule is C1=C(c2ccc(-c3cccc4ccccc34)c(N(c3ccc(C4=c5ccccc5=CCC4)cc3)c3ccc(-c4cccc5ccccc45)cc3)c2)c2ccccc2CC1. The van der Waals surface area contributed by atoms with E-state index < -0.39 is 0 Å². The van der Waals surface area contributed by atoms with Crippen molar-refractivity contribution in [2.24, 2.45) is 0 Å². The van der Waals surface area contributed by atoms with E-state index in [0.717, 1.165) is 42.7 Å². The molecule has 0 amide bonds. The first-order valence-corrected chi connectivity index (χ1v) is 20.9. The summed E-state index contributed by atoms with van der Waals surface area (Å²) < 4.78 is 0. The average molecular weight is 754 g/mol. The van der Waals surface area contributed by atoms with Crippen LogP contribution in [0.5, 0.6) is 0 Å². The van der Waals surface area contributed by atoms with E-state index in [0.29, 0.717) is 0 Å². The van der Waals surface area contributed by atoms with Crippen molar-refractivity contribution in [1.82, 2.24) is 0 Å². The molecule has 0 heterocycles. The molecule has 0 saturated carbocycles. The summed E-state index contributed by atoms with van der Waals surface area (Å²) in [7, 11) is 0. The Balaban J connectivity index is 1.13. The highest BCUT2D eigenvalue weighted by Gasteiger charge is 2.22. The molecule has 0 atom stereocenters. The van der Waals surface area contributed by atoms with Crippen LogP contribution < -0.4 is 15.3 Å². The molecule has 9 aromatic carbocycles. The Labute approximate surface area is 346 Å². The summed E-state index contributed by atoms with van der Waals surface area (Å²) in [5.74, 6) is 0. The Morgan fingerprint density at radius 2 is 0.949 bits per heavy atom. The van der Waals surface area contributed by atoms with Gasteiger partial charge in [-0.25, -0.2) is 0 Å². The molecule has 0 aliphatic heterocycles. The highest BCUT2D eigenvalue weighted by molar-refractivity contribution is 6.03. The zero-order valence-electron chi connectivity index (χ0n) is 33.0. The van der Waals surface area contributed by atoms with Crippen molar-refractivity contribution in [1.29, 1.82) is 0 Å². The van der Waals surface area contributed by atoms with Gasteiger partial charge in [0, 0.05) is 16.9 Å². The van der Waals surface area contributed by atoms with Crippen LogP contribution in [0.4, 0.5) is 17.1 Å². The maximum absolute atomic E-state index is 2.49. The fourth-order valence-electron chi connectivity index (χ4n) is 9.59. The van der Waals surface area contributed by atoms with Crippen LogP contribution in [0.2, 0.25) is 0 Å². The zero-order valence-corrected chi connectivity index (χ0v) is 33.0. The number of aryl methyl sites for hydroxylation is 1. The van der Waals surface area contributed by atoms with Gasteiger partial charge in [-0.3, -0.25) is 0 Å². The van der Waals surface area contributed by atoms with Gasteiger partial charge in [0.25, 0.3) is 0 Å². The number of fused-ring (bicyclic) bond motifs is 4. The minimum atomic E-state index is 1.04. The summed E-state index contributed by atoms with van der Waals surface area (Å²) in [6.45, 7) is 0. The first kappa shape index (κ1) is 35.0. The molecule has 0 radical (unpaired) electrons. The fraction of sp³-hybridized carbons (Fsp3) is 0.0690. The largest absolute Gasteiger partial charge is 0.310 e. The van der Waals surface area contributed by atoms with Crippen LogP contribution in [0.1, 0.15) is 41.5 Å². The third kappa shape index (κ3) is 6.37. The van der Waals surface area contributed by atoms with Crippen molar-refractivity contribution < 1.29 is 0 Å². The quantitative estimate of drug-likeness (QED) is 0.157. The summed E-state index contributed by atoms with van der Waals surface area (Å²) in [5.41, 5.74) is 16.3. The summed E-state index contributed by atoms with van der Waals surface area (Å²) >= 11 is 0. The highest BCUT2D eigenvalue weighted by atomic mass is 15.1. The van der Waals surface area contributed by atoms with Gasteiger partial charge < -0.3 is 4.90 Å². The predicted octanol–water partition coefficient (Wildman–Crippen LogP) is 13.9. The average Bonchev–Trinajstić information content (AvgIpc) is 3.31. The van der Waals surface area contributed by atoms with E-state index in [9.17, 15) is 0 Å². The van der Waals surface area contributed by atoms with Crippen LogP contribution in [0, 0.1) is 0 Å². The normalized spacial score (nSPS) is 13.4. The van der Waals surface area contributed by atoms with E-state index in [-0.39, 0.29) is 0 Å². The summed E-state index contributed by atoms with van der Waals surface area (Å²) in [6.07, 6.45) is 9.02. The van der Waals surface area contributed by atoms with Crippen molar-refractivity contribution in [3.8, 4) is 22.3 Å². The maximum Gasteiger partial charge on any atom is 0.0546 e. The van der Waals surface area contributed by atoms with Gasteiger partial charge in [0.2, 0.25) is 0 Å². The third-order valence-electron chi connectivity index (χ3n) is 12.4. The van der Waals surface area contributed by atoms with Crippen molar-refractivity contribution in [3.63, 3.8) is 0 Å². The number of benzene rings is 9. The number of allylic oxidation sites excluding steroid dienone is 1. The number of hydrogen-bond acceptors (Lipinski definition) is 1. The van der Waals surface area contributed by atoms with Crippen LogP contribution in [0.3, 0.4) is 0 Å². The molecule has 280 valence electrons. The molecule has 2 aliphatic rings. The standard InChI is InChI=1S/C58H43N/c1-5-21-49-40(13-1)17-9-25-52(49)44-29-34-47(35-30-44)59(48-36-31-45(32-37-48)53-26-10-18-41-14-2-6-22-50(41)53)58-39-46(55-27-11-19-42-15-3-7-23-51(42)55)33-38-57(58)56-28-12-20-43-16-4-8-24-54(43)56/h1-9,12-18,20-25,27-39H,10-11,19,26H2. The van der Waals surface area contributed by atoms with Crippen molar-refractivity contribution in [3.05, 3.63) is 239 Å². The molecule has 1 nitrogen and oxygen atoms in total. The van der Waals surface area contributed by atoms with Crippen molar-refractivity contribution in [2.75, 3.05) is 4.90 Å². The first-order chi connectivity index (χ1) is 29.3. The number of rotatable bonds is 7. The van der Waals surface area contributed by atoms with E-state index >= 15 is 0 Å². The molecular formula is C58H43N. The zero-order chi connectivity index (χ0) is 39.1. The molecule has 0 spiro atoms. The van der Waals surface area contributed by atoms with E-state index in [2.05, 4.69) is 217 Å². The molecule has 0 saturated heterocycles. The molecule has 0 N–H and O–H groups in total. The summed E-state index contributed by atoms with van der Waals surface area (Å²) in [5, 5.41) is 7.68. The highest BCUT2D eigenvalue weighted by Crippen LogP contribution is 2.46. The van der Waals surface area contributed by atoms with Gasteiger partial charge in [-0.2, -0.15) is 0 Å². The van der Waals surface area contributed by atoms with Gasteiger partial charge >= 0.3 is 0 Å². The first-order valence-electron chi connectivity index (χ1n) is 20.9. The van der Waals surface area contributed by atoms with Crippen LogP contribution in [0.25, 0.3) is 61.0 Å². The van der Waals surface area contributed by atoms with Gasteiger partial charge in [0.1, 0.15) is 0 Å². The molecule has 0 fully saturated rings. The second-order valence-corrected chi connectivity index (χ2v) is 15.8. The molecule has 0 bridgehead atoms. The van der Waals surface area contributed by atoms with E-state index in [1.165, 1.54) is 87.6 Å². The van der Waals surface area contributed by atoms with Crippen LogP contribution in [0.15, 0.2) is 206 Å². The van der Waals surface area contributed by atoms with Crippen LogP contribution >= 0.6 is 0 Å². The van der Waals surface area contributed by atoms with E-state index in [1.807, 2.05) is 0 Å². The number of hydrogen-bond donors (Lipinski definition) is 0. The van der Waals surface area contributed by atoms with E-state index in [1.54, 1.807) is 0 Å². The van der Waals surface area contributed by atoms with Gasteiger partial charge in [0.05, 0.1) is 5.69 Å².